The lowest BCUT2D eigenvalue weighted by Crippen LogP contribution is -2.40. The second kappa shape index (κ2) is 6.85. The zero-order valence-electron chi connectivity index (χ0n) is 11.2. The molecular weight excluding hydrogens is 264 g/mol. The molecule has 1 atom stereocenters. The predicted molar refractivity (Wildman–Crippen MR) is 71.1 cm³/mol. The first kappa shape index (κ1) is 14.3. The first-order valence-corrected chi connectivity index (χ1v) is 6.37. The maximum absolute atomic E-state index is 11.3. The fraction of sp³-hybridized carbons (Fsp3) is 0.462. The highest BCUT2D eigenvalue weighted by Crippen LogP contribution is 2.34. The largest absolute Gasteiger partial charge is 0.492 e. The highest BCUT2D eigenvalue weighted by molar-refractivity contribution is 5.73. The van der Waals surface area contributed by atoms with E-state index in [0.29, 0.717) is 30.4 Å². The molecule has 7 nitrogen and oxygen atoms in total. The van der Waals surface area contributed by atoms with Gasteiger partial charge >= 0.3 is 6.03 Å². The third-order valence-electron chi connectivity index (χ3n) is 2.56. The fourth-order valence-electron chi connectivity index (χ4n) is 1.60. The highest BCUT2D eigenvalue weighted by Gasteiger charge is 2.13. The normalized spacial score (nSPS) is 13.7. The average molecular weight is 282 g/mol. The average Bonchev–Trinajstić information content (AvgIpc) is 2.88. The first-order valence-electron chi connectivity index (χ1n) is 6.37. The summed E-state index contributed by atoms with van der Waals surface area (Å²) in [5.74, 6) is 2.01. The molecule has 0 aliphatic carbocycles. The van der Waals surface area contributed by atoms with Crippen molar-refractivity contribution in [3.05, 3.63) is 18.2 Å². The number of hydrogen-bond acceptors (Lipinski definition) is 5. The number of fused-ring (bicyclic) bond motifs is 1. The molecule has 1 aromatic carbocycles. The third kappa shape index (κ3) is 4.20. The van der Waals surface area contributed by atoms with E-state index in [9.17, 15) is 4.79 Å². The van der Waals surface area contributed by atoms with Gasteiger partial charge in [0, 0.05) is 12.6 Å². The SMILES string of the molecule is CC(O)CNC(=O)NCCOc1ccc2c(c1)OCO2. The Labute approximate surface area is 116 Å². The molecular formula is C13H18N2O5. The Morgan fingerprint density at radius 1 is 1.40 bits per heavy atom. The number of nitrogens with one attached hydrogen (secondary N) is 2. The van der Waals surface area contributed by atoms with Gasteiger partial charge in [0.1, 0.15) is 12.4 Å². The summed E-state index contributed by atoms with van der Waals surface area (Å²) in [6.07, 6.45) is -0.564. The van der Waals surface area contributed by atoms with Crippen LogP contribution in [0.25, 0.3) is 0 Å². The molecule has 7 heteroatoms. The third-order valence-corrected chi connectivity index (χ3v) is 2.56. The van der Waals surface area contributed by atoms with E-state index in [4.69, 9.17) is 19.3 Å². The Kier molecular flexibility index (Phi) is 4.89. The van der Waals surface area contributed by atoms with Crippen LogP contribution in [-0.4, -0.2) is 43.7 Å². The highest BCUT2D eigenvalue weighted by atomic mass is 16.7. The molecule has 0 bridgehead atoms. The van der Waals surface area contributed by atoms with E-state index >= 15 is 0 Å². The summed E-state index contributed by atoms with van der Waals surface area (Å²) >= 11 is 0. The van der Waals surface area contributed by atoms with Gasteiger partial charge in [0.2, 0.25) is 6.79 Å². The first-order chi connectivity index (χ1) is 9.65. The van der Waals surface area contributed by atoms with Gasteiger partial charge in [0.15, 0.2) is 11.5 Å². The molecule has 3 N–H and O–H groups in total. The van der Waals surface area contributed by atoms with Gasteiger partial charge in [-0.15, -0.1) is 0 Å². The lowest BCUT2D eigenvalue weighted by molar-refractivity contribution is 0.173. The quantitative estimate of drug-likeness (QED) is 0.660. The second-order valence-corrected chi connectivity index (χ2v) is 4.35. The molecule has 110 valence electrons. The van der Waals surface area contributed by atoms with Crippen LogP contribution < -0.4 is 24.8 Å². The smallest absolute Gasteiger partial charge is 0.314 e. The summed E-state index contributed by atoms with van der Waals surface area (Å²) in [7, 11) is 0. The van der Waals surface area contributed by atoms with Crippen molar-refractivity contribution in [2.75, 3.05) is 26.5 Å². The molecule has 0 radical (unpaired) electrons. The lowest BCUT2D eigenvalue weighted by Gasteiger charge is -2.10. The molecule has 0 aromatic heterocycles. The summed E-state index contributed by atoms with van der Waals surface area (Å²) in [4.78, 5) is 11.3. The molecule has 1 aromatic rings. The molecule has 1 heterocycles. The molecule has 2 rings (SSSR count). The van der Waals surface area contributed by atoms with Gasteiger partial charge in [-0.25, -0.2) is 4.79 Å². The van der Waals surface area contributed by atoms with E-state index in [1.807, 2.05) is 0 Å². The molecule has 20 heavy (non-hydrogen) atoms. The van der Waals surface area contributed by atoms with Crippen LogP contribution in [0.3, 0.4) is 0 Å². The van der Waals surface area contributed by atoms with Gasteiger partial charge < -0.3 is 30.0 Å². The molecule has 0 saturated heterocycles. The number of aliphatic hydroxyl groups is 1. The van der Waals surface area contributed by atoms with Crippen molar-refractivity contribution in [1.29, 1.82) is 0 Å². The Balaban J connectivity index is 1.65. The Bertz CT molecular complexity index is 464. The Hall–Kier alpha value is -2.15. The number of amides is 2. The summed E-state index contributed by atoms with van der Waals surface area (Å²) < 4.78 is 15.9. The fourth-order valence-corrected chi connectivity index (χ4v) is 1.60. The summed E-state index contributed by atoms with van der Waals surface area (Å²) in [5.41, 5.74) is 0. The van der Waals surface area contributed by atoms with Crippen molar-refractivity contribution >= 4 is 6.03 Å². The van der Waals surface area contributed by atoms with Crippen LogP contribution >= 0.6 is 0 Å². The Morgan fingerprint density at radius 2 is 2.20 bits per heavy atom. The van der Waals surface area contributed by atoms with Crippen molar-refractivity contribution in [1.82, 2.24) is 10.6 Å². The lowest BCUT2D eigenvalue weighted by atomic mass is 10.3. The zero-order chi connectivity index (χ0) is 14.4. The van der Waals surface area contributed by atoms with E-state index in [1.54, 1.807) is 25.1 Å². The van der Waals surface area contributed by atoms with Crippen molar-refractivity contribution < 1.29 is 24.1 Å². The molecule has 0 saturated carbocycles. The van der Waals surface area contributed by atoms with Crippen LogP contribution in [-0.2, 0) is 0 Å². The predicted octanol–water partition coefficient (Wildman–Crippen LogP) is 0.474. The van der Waals surface area contributed by atoms with Gasteiger partial charge in [0.05, 0.1) is 12.6 Å². The minimum Gasteiger partial charge on any atom is -0.492 e. The summed E-state index contributed by atoms with van der Waals surface area (Å²) in [5, 5.41) is 14.2. The molecule has 0 fully saturated rings. The number of rotatable bonds is 6. The second-order valence-electron chi connectivity index (χ2n) is 4.35. The van der Waals surface area contributed by atoms with Gasteiger partial charge in [-0.1, -0.05) is 0 Å². The molecule has 0 spiro atoms. The number of carbonyl (C=O) groups is 1. The van der Waals surface area contributed by atoms with Crippen molar-refractivity contribution in [2.24, 2.45) is 0 Å². The van der Waals surface area contributed by atoms with Crippen LogP contribution in [0.5, 0.6) is 17.2 Å². The molecule has 1 unspecified atom stereocenters. The van der Waals surface area contributed by atoms with Crippen molar-refractivity contribution in [3.8, 4) is 17.2 Å². The minimum absolute atomic E-state index is 0.217. The van der Waals surface area contributed by atoms with E-state index < -0.39 is 6.10 Å². The van der Waals surface area contributed by atoms with Crippen LogP contribution in [0.1, 0.15) is 6.92 Å². The van der Waals surface area contributed by atoms with Gasteiger partial charge in [0.25, 0.3) is 0 Å². The van der Waals surface area contributed by atoms with Crippen molar-refractivity contribution in [3.63, 3.8) is 0 Å². The maximum atomic E-state index is 11.3. The summed E-state index contributed by atoms with van der Waals surface area (Å²) in [6, 6.07) is 4.97. The van der Waals surface area contributed by atoms with Crippen molar-refractivity contribution in [2.45, 2.75) is 13.0 Å². The van der Waals surface area contributed by atoms with E-state index in [1.165, 1.54) is 0 Å². The number of hydrogen-bond donors (Lipinski definition) is 3. The van der Waals surface area contributed by atoms with Crippen LogP contribution in [0, 0.1) is 0 Å². The standard InChI is InChI=1S/C13H18N2O5/c1-9(16)7-15-13(17)14-4-5-18-10-2-3-11-12(6-10)20-8-19-11/h2-3,6,9,16H,4-5,7-8H2,1H3,(H2,14,15,17). The monoisotopic (exact) mass is 282 g/mol. The minimum atomic E-state index is -0.564. The number of benzene rings is 1. The van der Waals surface area contributed by atoms with Gasteiger partial charge in [-0.05, 0) is 19.1 Å². The molecule has 1 aliphatic heterocycles. The van der Waals surface area contributed by atoms with E-state index in [2.05, 4.69) is 10.6 Å². The Morgan fingerprint density at radius 3 is 3.00 bits per heavy atom. The van der Waals surface area contributed by atoms with Gasteiger partial charge in [-0.3, -0.25) is 0 Å². The summed E-state index contributed by atoms with van der Waals surface area (Å²) in [6.45, 7) is 2.74. The number of urea groups is 1. The van der Waals surface area contributed by atoms with Crippen LogP contribution in [0.15, 0.2) is 18.2 Å². The topological polar surface area (TPSA) is 89.1 Å². The number of aliphatic hydroxyl groups excluding tert-OH is 1. The maximum Gasteiger partial charge on any atom is 0.314 e. The number of carbonyl (C=O) groups excluding carboxylic acids is 1. The molecule has 2 amide bonds. The van der Waals surface area contributed by atoms with E-state index in [-0.39, 0.29) is 19.4 Å². The van der Waals surface area contributed by atoms with Crippen LogP contribution in [0.2, 0.25) is 0 Å². The van der Waals surface area contributed by atoms with Crippen LogP contribution in [0.4, 0.5) is 4.79 Å². The van der Waals surface area contributed by atoms with E-state index in [0.717, 1.165) is 0 Å². The number of ether oxygens (including phenoxy) is 3. The molecule has 1 aliphatic rings. The van der Waals surface area contributed by atoms with Gasteiger partial charge in [-0.2, -0.15) is 0 Å². The zero-order valence-corrected chi connectivity index (χ0v) is 11.2.